The smallest absolute Gasteiger partial charge is 1.00 e. The Kier molecular flexibility index (Phi) is 8.33. The number of hydrogen-bond acceptors (Lipinski definition) is 2. The third-order valence-electron chi connectivity index (χ3n) is 1.06. The van der Waals surface area contributed by atoms with E-state index in [2.05, 4.69) is 6.58 Å². The van der Waals surface area contributed by atoms with Crippen LogP contribution in [0.4, 0.5) is 0 Å². The molecule has 0 amide bonds. The Morgan fingerprint density at radius 2 is 2.44 bits per heavy atom. The first-order valence-electron chi connectivity index (χ1n) is 2.73. The van der Waals surface area contributed by atoms with Gasteiger partial charge >= 0.3 is 51.4 Å². The normalized spacial score (nSPS) is 17.8. The van der Waals surface area contributed by atoms with Gasteiger partial charge in [-0.25, -0.2) is 0 Å². The minimum atomic E-state index is 0. The van der Waals surface area contributed by atoms with Crippen LogP contribution in [-0.2, 0) is 0 Å². The number of rotatable bonds is 3. The fourth-order valence-electron chi connectivity index (χ4n) is 0.514. The summed E-state index contributed by atoms with van der Waals surface area (Å²) in [6.45, 7) is 3.66. The quantitative estimate of drug-likeness (QED) is 0.415. The first-order valence-corrected chi connectivity index (χ1v) is 4.94. The second-order valence-corrected chi connectivity index (χ2v) is 4.19. The van der Waals surface area contributed by atoms with Gasteiger partial charge in [-0.15, -0.1) is 6.58 Å². The number of hydrogen-bond donors (Lipinski definition) is 0. The van der Waals surface area contributed by atoms with Crippen molar-refractivity contribution in [2.24, 2.45) is 0 Å². The zero-order chi connectivity index (χ0) is 5.82. The fourth-order valence-corrected chi connectivity index (χ4v) is 2.70. The van der Waals surface area contributed by atoms with Crippen LogP contribution in [0, 0.1) is 0 Å². The summed E-state index contributed by atoms with van der Waals surface area (Å²) in [6, 6.07) is 0. The van der Waals surface area contributed by atoms with Crippen LogP contribution in [0.1, 0.15) is 1.43 Å². The van der Waals surface area contributed by atoms with Gasteiger partial charge in [-0.3, -0.25) is 0 Å². The average molecular weight is 186 g/mol. The van der Waals surface area contributed by atoms with Crippen LogP contribution in [0.25, 0.3) is 0 Å². The molecular formula is C6H11KS2. The molecule has 0 bridgehead atoms. The van der Waals surface area contributed by atoms with E-state index in [9.17, 15) is 0 Å². The molecule has 0 N–H and O–H groups in total. The zero-order valence-electron chi connectivity index (χ0n) is 6.80. The maximum Gasteiger partial charge on any atom is 1.00 e. The predicted octanol–water partition coefficient (Wildman–Crippen LogP) is -0.862. The minimum Gasteiger partial charge on any atom is -1.00 e. The summed E-state index contributed by atoms with van der Waals surface area (Å²) in [4.78, 5) is 0. The van der Waals surface area contributed by atoms with E-state index in [0.717, 1.165) is 11.0 Å². The van der Waals surface area contributed by atoms with E-state index in [4.69, 9.17) is 0 Å². The summed E-state index contributed by atoms with van der Waals surface area (Å²) in [5.41, 5.74) is 0. The molecule has 0 radical (unpaired) electrons. The Balaban J connectivity index is 0. The summed E-state index contributed by atoms with van der Waals surface area (Å²) in [7, 11) is 0. The largest absolute Gasteiger partial charge is 1.00 e. The average Bonchev–Trinajstić information content (AvgIpc) is 1.63. The maximum atomic E-state index is 3.66. The molecule has 0 spiro atoms. The van der Waals surface area contributed by atoms with Crippen molar-refractivity contribution in [3.63, 3.8) is 0 Å². The van der Waals surface area contributed by atoms with Crippen molar-refractivity contribution in [2.75, 3.05) is 17.3 Å². The standard InChI is InChI=1S/C6H10S2.K.H/c1-2-3-8-6-4-7-5-6;;/h2,6H,1,3-5H2;;/q;+1;-1. The second-order valence-electron chi connectivity index (χ2n) is 1.78. The third kappa shape index (κ3) is 4.51. The van der Waals surface area contributed by atoms with Gasteiger partial charge in [-0.1, -0.05) is 6.08 Å². The molecule has 1 saturated heterocycles. The molecule has 0 unspecified atom stereocenters. The second kappa shape index (κ2) is 6.77. The molecule has 1 rings (SSSR count). The van der Waals surface area contributed by atoms with Crippen LogP contribution in [0.2, 0.25) is 0 Å². The monoisotopic (exact) mass is 186 g/mol. The maximum absolute atomic E-state index is 3.66. The van der Waals surface area contributed by atoms with Crippen LogP contribution < -0.4 is 51.4 Å². The van der Waals surface area contributed by atoms with Crippen molar-refractivity contribution in [2.45, 2.75) is 5.25 Å². The molecule has 0 aromatic rings. The van der Waals surface area contributed by atoms with Crippen LogP contribution in [0.3, 0.4) is 0 Å². The zero-order valence-corrected chi connectivity index (χ0v) is 10.6. The molecule has 0 aromatic heterocycles. The number of thioether (sulfide) groups is 2. The molecular weight excluding hydrogens is 175 g/mol. The van der Waals surface area contributed by atoms with E-state index in [-0.39, 0.29) is 52.8 Å². The van der Waals surface area contributed by atoms with Gasteiger partial charge in [0.15, 0.2) is 0 Å². The molecule has 9 heavy (non-hydrogen) atoms. The molecule has 0 nitrogen and oxygen atoms in total. The fraction of sp³-hybridized carbons (Fsp3) is 0.667. The molecule has 0 aromatic carbocycles. The summed E-state index contributed by atoms with van der Waals surface area (Å²) in [5, 5.41) is 0.943. The van der Waals surface area contributed by atoms with Crippen LogP contribution in [0.15, 0.2) is 12.7 Å². The van der Waals surface area contributed by atoms with Crippen LogP contribution in [-0.4, -0.2) is 22.5 Å². The van der Waals surface area contributed by atoms with Crippen molar-refractivity contribution in [1.82, 2.24) is 0 Å². The van der Waals surface area contributed by atoms with Gasteiger partial charge in [0.25, 0.3) is 0 Å². The Bertz CT molecular complexity index is 85.8. The predicted molar refractivity (Wildman–Crippen MR) is 44.9 cm³/mol. The Morgan fingerprint density at radius 3 is 2.78 bits per heavy atom. The minimum absolute atomic E-state index is 0. The molecule has 0 aliphatic carbocycles. The molecule has 1 heterocycles. The van der Waals surface area contributed by atoms with Crippen molar-refractivity contribution in [1.29, 1.82) is 0 Å². The van der Waals surface area contributed by atoms with Gasteiger partial charge in [0.2, 0.25) is 0 Å². The third-order valence-corrected chi connectivity index (χ3v) is 3.99. The van der Waals surface area contributed by atoms with Gasteiger partial charge in [0.1, 0.15) is 0 Å². The Morgan fingerprint density at radius 1 is 1.78 bits per heavy atom. The van der Waals surface area contributed by atoms with E-state index >= 15 is 0 Å². The van der Waals surface area contributed by atoms with Crippen LogP contribution in [0.5, 0.6) is 0 Å². The molecule has 3 heteroatoms. The Hall–Kier alpha value is 2.08. The van der Waals surface area contributed by atoms with E-state index in [1.54, 1.807) is 0 Å². The molecule has 0 saturated carbocycles. The Labute approximate surface area is 110 Å². The summed E-state index contributed by atoms with van der Waals surface area (Å²) >= 11 is 4.06. The van der Waals surface area contributed by atoms with E-state index in [1.165, 1.54) is 11.5 Å². The summed E-state index contributed by atoms with van der Waals surface area (Å²) < 4.78 is 0. The van der Waals surface area contributed by atoms with Crippen molar-refractivity contribution >= 4 is 23.5 Å². The van der Waals surface area contributed by atoms with Crippen molar-refractivity contribution < 1.29 is 52.8 Å². The molecule has 1 fully saturated rings. The van der Waals surface area contributed by atoms with Gasteiger partial charge in [0, 0.05) is 22.5 Å². The first kappa shape index (κ1) is 11.1. The van der Waals surface area contributed by atoms with E-state index < -0.39 is 0 Å². The van der Waals surface area contributed by atoms with Gasteiger partial charge in [-0.2, -0.15) is 23.5 Å². The van der Waals surface area contributed by atoms with Crippen LogP contribution >= 0.6 is 23.5 Å². The molecule has 48 valence electrons. The van der Waals surface area contributed by atoms with Gasteiger partial charge in [0.05, 0.1) is 0 Å². The molecule has 1 aliphatic heterocycles. The topological polar surface area (TPSA) is 0 Å². The van der Waals surface area contributed by atoms with Crippen molar-refractivity contribution in [3.8, 4) is 0 Å². The summed E-state index contributed by atoms with van der Waals surface area (Å²) in [6.07, 6.45) is 1.98. The van der Waals surface area contributed by atoms with E-state index in [0.29, 0.717) is 0 Å². The SMILES string of the molecule is C=CCSC1CSC1.[H-].[K+]. The molecule has 1 aliphatic rings. The van der Waals surface area contributed by atoms with Gasteiger partial charge in [-0.05, 0) is 0 Å². The first-order chi connectivity index (χ1) is 3.93. The van der Waals surface area contributed by atoms with E-state index in [1.807, 2.05) is 29.6 Å². The van der Waals surface area contributed by atoms with Gasteiger partial charge < -0.3 is 1.43 Å². The summed E-state index contributed by atoms with van der Waals surface area (Å²) in [5.74, 6) is 3.85. The van der Waals surface area contributed by atoms with Crippen molar-refractivity contribution in [3.05, 3.63) is 12.7 Å². The molecule has 0 atom stereocenters.